The zero-order valence-electron chi connectivity index (χ0n) is 19.0. The number of halogens is 1. The maximum Gasteiger partial charge on any atom is 0.407 e. The van der Waals surface area contributed by atoms with Gasteiger partial charge < -0.3 is 25.6 Å². The minimum Gasteiger partial charge on any atom is -0.444 e. The summed E-state index contributed by atoms with van der Waals surface area (Å²) in [7, 11) is 1.71. The van der Waals surface area contributed by atoms with E-state index in [-0.39, 0.29) is 29.9 Å². The number of alkyl carbamates (subject to hydrolysis) is 1. The van der Waals surface area contributed by atoms with E-state index in [2.05, 4.69) is 33.1 Å². The van der Waals surface area contributed by atoms with E-state index < -0.39 is 11.7 Å². The molecule has 0 aliphatic carbocycles. The summed E-state index contributed by atoms with van der Waals surface area (Å²) in [6.45, 7) is 8.78. The van der Waals surface area contributed by atoms with Crippen molar-refractivity contribution in [1.82, 2.24) is 20.9 Å². The maximum absolute atomic E-state index is 12.4. The number of hydrogen-bond acceptors (Lipinski definition) is 4. The molecule has 174 valence electrons. The third kappa shape index (κ3) is 10.2. The molecule has 1 aliphatic heterocycles. The van der Waals surface area contributed by atoms with Crippen molar-refractivity contribution in [3.63, 3.8) is 0 Å². The van der Waals surface area contributed by atoms with Crippen molar-refractivity contribution in [2.75, 3.05) is 26.7 Å². The van der Waals surface area contributed by atoms with E-state index in [1.165, 1.54) is 11.1 Å². The second-order valence-electron chi connectivity index (χ2n) is 8.33. The third-order valence-corrected chi connectivity index (χ3v) is 4.59. The molecule has 1 heterocycles. The van der Waals surface area contributed by atoms with Crippen LogP contribution in [0.3, 0.4) is 0 Å². The lowest BCUT2D eigenvalue weighted by molar-refractivity contribution is -0.131. The fourth-order valence-electron chi connectivity index (χ4n) is 3.13. The quantitative estimate of drug-likeness (QED) is 0.202. The Hall–Kier alpha value is -2.04. The van der Waals surface area contributed by atoms with Gasteiger partial charge in [0.2, 0.25) is 5.91 Å². The lowest BCUT2D eigenvalue weighted by atomic mass is 10.1. The van der Waals surface area contributed by atoms with Gasteiger partial charge in [0.1, 0.15) is 5.60 Å². The maximum atomic E-state index is 12.4. The summed E-state index contributed by atoms with van der Waals surface area (Å²) in [6, 6.07) is 8.21. The van der Waals surface area contributed by atoms with Crippen LogP contribution in [0.1, 0.15) is 51.2 Å². The number of nitrogens with zero attached hydrogens (tertiary/aromatic N) is 2. The normalized spacial score (nSPS) is 13.2. The first-order valence-corrected chi connectivity index (χ1v) is 10.5. The lowest BCUT2D eigenvalue weighted by Gasteiger charge is -2.19. The first-order valence-electron chi connectivity index (χ1n) is 10.5. The highest BCUT2D eigenvalue weighted by atomic mass is 127. The number of hydrogen-bond donors (Lipinski definition) is 3. The van der Waals surface area contributed by atoms with Gasteiger partial charge in [0.15, 0.2) is 5.96 Å². The number of ether oxygens (including phenoxy) is 1. The summed E-state index contributed by atoms with van der Waals surface area (Å²) in [5, 5.41) is 9.14. The molecule has 9 heteroatoms. The SMILES string of the molecule is CN=C(NCCCNC(=O)OC(C)(C)C)NCCCC(=O)N1Cc2ccccc2C1.I. The van der Waals surface area contributed by atoms with Crippen molar-refractivity contribution in [3.05, 3.63) is 35.4 Å². The first-order chi connectivity index (χ1) is 14.3. The van der Waals surface area contributed by atoms with Crippen LogP contribution >= 0.6 is 24.0 Å². The second-order valence-corrected chi connectivity index (χ2v) is 8.33. The molecular weight excluding hydrogens is 509 g/mol. The summed E-state index contributed by atoms with van der Waals surface area (Å²) >= 11 is 0. The molecule has 2 rings (SSSR count). The monoisotopic (exact) mass is 545 g/mol. The summed E-state index contributed by atoms with van der Waals surface area (Å²) in [6.07, 6.45) is 1.59. The van der Waals surface area contributed by atoms with Gasteiger partial charge in [-0.25, -0.2) is 4.79 Å². The summed E-state index contributed by atoms with van der Waals surface area (Å²) in [5.41, 5.74) is 2.00. The van der Waals surface area contributed by atoms with E-state index in [0.29, 0.717) is 45.1 Å². The van der Waals surface area contributed by atoms with Crippen LogP contribution in [-0.2, 0) is 22.6 Å². The number of carbonyl (C=O) groups is 2. The molecule has 0 bridgehead atoms. The fourth-order valence-corrected chi connectivity index (χ4v) is 3.13. The molecule has 1 aromatic rings. The number of carbonyl (C=O) groups excluding carboxylic acids is 2. The number of benzene rings is 1. The summed E-state index contributed by atoms with van der Waals surface area (Å²) < 4.78 is 5.19. The van der Waals surface area contributed by atoms with Crippen molar-refractivity contribution in [1.29, 1.82) is 0 Å². The van der Waals surface area contributed by atoms with Gasteiger partial charge in [-0.1, -0.05) is 24.3 Å². The van der Waals surface area contributed by atoms with Gasteiger partial charge in [-0.2, -0.15) is 0 Å². The van der Waals surface area contributed by atoms with Crippen LogP contribution in [0.4, 0.5) is 4.79 Å². The van der Waals surface area contributed by atoms with Gasteiger partial charge in [0, 0.05) is 46.2 Å². The Kier molecular flexibility index (Phi) is 11.7. The fraction of sp³-hybridized carbons (Fsp3) is 0.591. The number of fused-ring (bicyclic) bond motifs is 1. The molecule has 0 saturated carbocycles. The standard InChI is InChI=1S/C22H35N5O3.HI/c1-22(2,3)30-21(29)26-14-8-13-25-20(23-4)24-12-7-11-19(28)27-15-17-9-5-6-10-18(17)16-27;/h5-6,9-10H,7-8,11-16H2,1-4H3,(H,26,29)(H2,23,24,25);1H. The summed E-state index contributed by atoms with van der Waals surface area (Å²) in [4.78, 5) is 30.1. The van der Waals surface area contributed by atoms with Crippen LogP contribution in [-0.4, -0.2) is 55.1 Å². The zero-order chi connectivity index (χ0) is 22.0. The molecule has 0 spiro atoms. The highest BCUT2D eigenvalue weighted by Gasteiger charge is 2.22. The Morgan fingerprint density at radius 1 is 1.00 bits per heavy atom. The Morgan fingerprint density at radius 2 is 1.55 bits per heavy atom. The van der Waals surface area contributed by atoms with Crippen molar-refractivity contribution in [2.24, 2.45) is 4.99 Å². The molecule has 1 aliphatic rings. The molecule has 1 aromatic carbocycles. The average Bonchev–Trinajstić information content (AvgIpc) is 3.12. The number of aliphatic imine (C=N–C) groups is 1. The van der Waals surface area contributed by atoms with Crippen LogP contribution < -0.4 is 16.0 Å². The van der Waals surface area contributed by atoms with E-state index in [1.54, 1.807) is 7.05 Å². The topological polar surface area (TPSA) is 95.1 Å². The Balaban J connectivity index is 0.00000480. The number of nitrogens with one attached hydrogen (secondary N) is 3. The highest BCUT2D eigenvalue weighted by Crippen LogP contribution is 2.22. The van der Waals surface area contributed by atoms with E-state index in [9.17, 15) is 9.59 Å². The average molecular weight is 545 g/mol. The van der Waals surface area contributed by atoms with Gasteiger partial charge in [0.25, 0.3) is 0 Å². The number of rotatable bonds is 8. The van der Waals surface area contributed by atoms with Crippen molar-refractivity contribution in [2.45, 2.75) is 58.7 Å². The molecular formula is C22H36IN5O3. The lowest BCUT2D eigenvalue weighted by Crippen LogP contribution is -2.39. The molecule has 8 nitrogen and oxygen atoms in total. The Bertz CT molecular complexity index is 724. The second kappa shape index (κ2) is 13.4. The Morgan fingerprint density at radius 3 is 2.10 bits per heavy atom. The third-order valence-electron chi connectivity index (χ3n) is 4.59. The highest BCUT2D eigenvalue weighted by molar-refractivity contribution is 14.0. The van der Waals surface area contributed by atoms with Crippen LogP contribution in [0.15, 0.2) is 29.3 Å². The van der Waals surface area contributed by atoms with Gasteiger partial charge in [-0.3, -0.25) is 9.79 Å². The smallest absolute Gasteiger partial charge is 0.407 e. The van der Waals surface area contributed by atoms with E-state index >= 15 is 0 Å². The molecule has 31 heavy (non-hydrogen) atoms. The van der Waals surface area contributed by atoms with Gasteiger partial charge in [0.05, 0.1) is 0 Å². The largest absolute Gasteiger partial charge is 0.444 e. The molecule has 0 atom stereocenters. The first kappa shape index (κ1) is 27.0. The van der Waals surface area contributed by atoms with Crippen LogP contribution in [0.5, 0.6) is 0 Å². The van der Waals surface area contributed by atoms with Crippen molar-refractivity contribution >= 4 is 41.9 Å². The Labute approximate surface area is 202 Å². The van der Waals surface area contributed by atoms with Gasteiger partial charge in [-0.15, -0.1) is 24.0 Å². The van der Waals surface area contributed by atoms with Crippen molar-refractivity contribution < 1.29 is 14.3 Å². The van der Waals surface area contributed by atoms with E-state index in [4.69, 9.17) is 4.74 Å². The van der Waals surface area contributed by atoms with Crippen molar-refractivity contribution in [3.8, 4) is 0 Å². The van der Waals surface area contributed by atoms with Gasteiger partial charge in [-0.05, 0) is 44.7 Å². The van der Waals surface area contributed by atoms with E-state index in [1.807, 2.05) is 37.8 Å². The predicted octanol–water partition coefficient (Wildman–Crippen LogP) is 3.01. The van der Waals surface area contributed by atoms with Crippen LogP contribution in [0.25, 0.3) is 0 Å². The molecule has 2 amide bonds. The molecule has 3 N–H and O–H groups in total. The number of amides is 2. The van der Waals surface area contributed by atoms with Gasteiger partial charge >= 0.3 is 6.09 Å². The number of guanidine groups is 1. The minimum atomic E-state index is -0.492. The summed E-state index contributed by atoms with van der Waals surface area (Å²) in [5.74, 6) is 0.873. The van der Waals surface area contributed by atoms with Crippen LogP contribution in [0, 0.1) is 0 Å². The predicted molar refractivity (Wildman–Crippen MR) is 134 cm³/mol. The molecule has 0 fully saturated rings. The molecule has 0 aromatic heterocycles. The molecule has 0 radical (unpaired) electrons. The molecule has 0 saturated heterocycles. The van der Waals surface area contributed by atoms with Crippen LogP contribution in [0.2, 0.25) is 0 Å². The zero-order valence-corrected chi connectivity index (χ0v) is 21.3. The van der Waals surface area contributed by atoms with E-state index in [0.717, 1.165) is 12.8 Å². The minimum absolute atomic E-state index is 0. The molecule has 0 unspecified atom stereocenters.